The molecule has 21 heteroatoms. The summed E-state index contributed by atoms with van der Waals surface area (Å²) in [6.45, 7) is 16.1. The van der Waals surface area contributed by atoms with E-state index in [9.17, 15) is 19.2 Å². The number of aromatic nitrogens is 5. The predicted molar refractivity (Wildman–Crippen MR) is 286 cm³/mol. The van der Waals surface area contributed by atoms with Crippen LogP contribution < -0.4 is 31.7 Å². The Morgan fingerprint density at radius 1 is 0.757 bits per heavy atom. The number of ether oxygens (including phenoxy) is 5. The summed E-state index contributed by atoms with van der Waals surface area (Å²) in [6.07, 6.45) is 9.67. The zero-order valence-corrected chi connectivity index (χ0v) is 44.0. The van der Waals surface area contributed by atoms with E-state index in [1.807, 2.05) is 43.5 Å². The normalized spacial score (nSPS) is 15.2. The average molecular weight is 1040 g/mol. The first kappa shape index (κ1) is 54.3. The summed E-state index contributed by atoms with van der Waals surface area (Å²) in [5.74, 6) is 1.02. The molecule has 74 heavy (non-hydrogen) atoms. The van der Waals surface area contributed by atoms with Crippen molar-refractivity contribution in [2.24, 2.45) is 0 Å². The molecule has 8 rings (SSSR count). The highest BCUT2D eigenvalue weighted by molar-refractivity contribution is 7.15. The smallest absolute Gasteiger partial charge is 0.263 e. The Balaban J connectivity index is 0.597. The maximum absolute atomic E-state index is 13.6. The summed E-state index contributed by atoms with van der Waals surface area (Å²) in [5.41, 5.74) is 5.61. The largest absolute Gasteiger partial charge is 0.383 e. The van der Waals surface area contributed by atoms with Crippen molar-refractivity contribution in [2.75, 3.05) is 133 Å². The number of thiazole rings is 1. The molecular weight excluding hydrogens is 967 g/mol. The fraction of sp³-hybridized carbons (Fsp3) is 0.547. The van der Waals surface area contributed by atoms with Gasteiger partial charge in [-0.25, -0.2) is 15.0 Å². The maximum Gasteiger partial charge on any atom is 0.263 e. The lowest BCUT2D eigenvalue weighted by atomic mass is 10.0. The van der Waals surface area contributed by atoms with Crippen molar-refractivity contribution in [1.82, 2.24) is 34.7 Å². The van der Waals surface area contributed by atoms with Crippen molar-refractivity contribution < 1.29 is 38.1 Å². The highest BCUT2D eigenvalue weighted by Crippen LogP contribution is 2.43. The number of rotatable bonds is 29. The van der Waals surface area contributed by atoms with Crippen molar-refractivity contribution in [3.8, 4) is 0 Å². The number of aryl methyl sites for hydroxylation is 3. The molecular formula is C53H71N11O9S. The molecule has 0 radical (unpaired) electrons. The van der Waals surface area contributed by atoms with E-state index >= 15 is 0 Å². The second-order valence-corrected chi connectivity index (χ2v) is 20.2. The number of nitrogens with one attached hydrogen (secondary N) is 4. The summed E-state index contributed by atoms with van der Waals surface area (Å²) in [7, 11) is 0. The molecule has 1 saturated heterocycles. The van der Waals surface area contributed by atoms with E-state index in [0.717, 1.165) is 74.5 Å². The van der Waals surface area contributed by atoms with Gasteiger partial charge in [0.25, 0.3) is 11.5 Å². The van der Waals surface area contributed by atoms with Gasteiger partial charge in [0, 0.05) is 78.9 Å². The first-order valence-electron chi connectivity index (χ1n) is 25.9. The molecule has 2 aliphatic carbocycles. The number of nitrogens with zero attached hydrogens (tertiary/aromatic N) is 7. The molecule has 5 aromatic rings. The van der Waals surface area contributed by atoms with Gasteiger partial charge in [0.1, 0.15) is 11.5 Å². The second-order valence-electron chi connectivity index (χ2n) is 18.9. The first-order valence-corrected chi connectivity index (χ1v) is 26.8. The van der Waals surface area contributed by atoms with Gasteiger partial charge in [0.15, 0.2) is 10.9 Å². The van der Waals surface area contributed by atoms with Crippen LogP contribution in [0.1, 0.15) is 99.8 Å². The Kier molecular flexibility index (Phi) is 19.8. The quantitative estimate of drug-likeness (QED) is 0.0309. The number of fused-ring (bicyclic) bond motifs is 1. The fourth-order valence-electron chi connectivity index (χ4n) is 9.40. The number of carbonyl (C=O) groups is 3. The summed E-state index contributed by atoms with van der Waals surface area (Å²) in [4.78, 5) is 75.7. The Morgan fingerprint density at radius 2 is 1.42 bits per heavy atom. The van der Waals surface area contributed by atoms with Crippen LogP contribution in [0.5, 0.6) is 0 Å². The standard InChI is InChI=1S/C53H71N11O9S/c1-35-31-40(11-13-43(35)50(67)61-53-59-48(38(4)74-53)39-9-10-39)54-15-21-69-23-25-71-27-29-73-30-28-72-26-24-70-22-16-55-46(66)34-62-17-19-63(20-18-62)42-12-14-45(56-32-42)58-52-57-33-44-36(2)47(37(3)65)51(68)64(49(44)60-52)41-7-5-6-8-41/h11-14,31-33,39,41,54H,5-10,15-30,34H2,1-4H3,(H,55,66)(H,59,61,67)(H,56,57,58,60). The summed E-state index contributed by atoms with van der Waals surface area (Å²) in [6, 6.07) is 9.58. The predicted octanol–water partition coefficient (Wildman–Crippen LogP) is 6.19. The number of Topliss-reactive ketones (excluding diaryl/α,β-unsaturated/α-hetero) is 1. The Labute approximate surface area is 436 Å². The van der Waals surface area contributed by atoms with E-state index < -0.39 is 0 Å². The molecule has 0 atom stereocenters. The van der Waals surface area contributed by atoms with E-state index in [2.05, 4.69) is 52.9 Å². The first-order chi connectivity index (χ1) is 36.0. The van der Waals surface area contributed by atoms with Crippen LogP contribution in [0, 0.1) is 20.8 Å². The van der Waals surface area contributed by atoms with Crippen LogP contribution in [-0.2, 0) is 28.5 Å². The van der Waals surface area contributed by atoms with Crippen LogP contribution in [0.25, 0.3) is 11.0 Å². The van der Waals surface area contributed by atoms with E-state index in [1.54, 1.807) is 17.7 Å². The molecule has 0 bridgehead atoms. The third-order valence-electron chi connectivity index (χ3n) is 13.5. The molecule has 1 aliphatic heterocycles. The minimum Gasteiger partial charge on any atom is -0.383 e. The van der Waals surface area contributed by atoms with Crippen LogP contribution in [-0.4, -0.2) is 159 Å². The van der Waals surface area contributed by atoms with Crippen molar-refractivity contribution in [3.05, 3.63) is 85.9 Å². The molecule has 0 spiro atoms. The van der Waals surface area contributed by atoms with E-state index in [-0.39, 0.29) is 34.8 Å². The van der Waals surface area contributed by atoms with Gasteiger partial charge >= 0.3 is 0 Å². The van der Waals surface area contributed by atoms with Crippen molar-refractivity contribution in [1.29, 1.82) is 0 Å². The molecule has 2 amide bonds. The Bertz CT molecular complexity index is 2740. The number of carbonyl (C=O) groups excluding carboxylic acids is 3. The monoisotopic (exact) mass is 1040 g/mol. The minimum absolute atomic E-state index is 0.000294. The highest BCUT2D eigenvalue weighted by atomic mass is 32.1. The third kappa shape index (κ3) is 15.1. The van der Waals surface area contributed by atoms with Crippen molar-refractivity contribution in [3.63, 3.8) is 0 Å². The Hall–Kier alpha value is -5.94. The van der Waals surface area contributed by atoms with Gasteiger partial charge in [-0.2, -0.15) is 4.98 Å². The summed E-state index contributed by atoms with van der Waals surface area (Å²) < 4.78 is 29.8. The number of hydrogen-bond donors (Lipinski definition) is 4. The summed E-state index contributed by atoms with van der Waals surface area (Å²) in [5, 5.41) is 13.8. The highest BCUT2D eigenvalue weighted by Gasteiger charge is 2.29. The van der Waals surface area contributed by atoms with Crippen LogP contribution in [0.4, 0.5) is 28.3 Å². The van der Waals surface area contributed by atoms with Crippen LogP contribution >= 0.6 is 11.3 Å². The van der Waals surface area contributed by atoms with Gasteiger partial charge < -0.3 is 44.5 Å². The molecule has 2 saturated carbocycles. The Morgan fingerprint density at radius 3 is 2.04 bits per heavy atom. The van der Waals surface area contributed by atoms with E-state index in [4.69, 9.17) is 28.7 Å². The van der Waals surface area contributed by atoms with Gasteiger partial charge in [-0.3, -0.25) is 34.0 Å². The van der Waals surface area contributed by atoms with Crippen LogP contribution in [0.15, 0.2) is 47.5 Å². The van der Waals surface area contributed by atoms with Crippen molar-refractivity contribution >= 4 is 68.2 Å². The molecule has 4 N–H and O–H groups in total. The topological polar surface area (TPSA) is 226 Å². The zero-order chi connectivity index (χ0) is 51.8. The number of benzene rings is 1. The lowest BCUT2D eigenvalue weighted by Gasteiger charge is -2.35. The minimum atomic E-state index is -0.283. The molecule has 0 unspecified atom stereocenters. The molecule has 20 nitrogen and oxygen atoms in total. The molecule has 5 heterocycles. The number of anilines is 5. The van der Waals surface area contributed by atoms with Crippen molar-refractivity contribution in [2.45, 2.75) is 78.2 Å². The molecule has 1 aromatic carbocycles. The number of ketones is 1. The van der Waals surface area contributed by atoms with Gasteiger partial charge in [0.05, 0.1) is 95.8 Å². The number of hydrogen-bond acceptors (Lipinski definition) is 18. The van der Waals surface area contributed by atoms with Gasteiger partial charge in [-0.15, -0.1) is 11.3 Å². The lowest BCUT2D eigenvalue weighted by Crippen LogP contribution is -2.49. The van der Waals surface area contributed by atoms with E-state index in [0.29, 0.717) is 131 Å². The van der Waals surface area contributed by atoms with Gasteiger partial charge in [-0.1, -0.05) is 12.8 Å². The van der Waals surface area contributed by atoms with E-state index in [1.165, 1.54) is 36.0 Å². The lowest BCUT2D eigenvalue weighted by molar-refractivity contribution is -0.122. The molecule has 398 valence electrons. The maximum atomic E-state index is 13.6. The zero-order valence-electron chi connectivity index (χ0n) is 43.2. The fourth-order valence-corrected chi connectivity index (χ4v) is 10.3. The number of amides is 2. The second kappa shape index (κ2) is 27.0. The number of piperazine rings is 1. The van der Waals surface area contributed by atoms with Crippen LogP contribution in [0.3, 0.4) is 0 Å². The number of pyridine rings is 2. The molecule has 3 aliphatic rings. The molecule has 4 aromatic heterocycles. The SMILES string of the molecule is CC(=O)c1c(C)c2cnc(Nc3ccc(N4CCN(CC(=O)NCCOCCOCCOCCOCCOCCNc5ccc(C(=O)Nc6nc(C7CC7)c(C)s6)c(C)c5)CC4)cn3)nc2n(C2CCCC2)c1=O. The third-order valence-corrected chi connectivity index (χ3v) is 14.4. The molecule has 3 fully saturated rings. The summed E-state index contributed by atoms with van der Waals surface area (Å²) >= 11 is 1.54. The van der Waals surface area contributed by atoms with Gasteiger partial charge in [0.2, 0.25) is 11.9 Å². The van der Waals surface area contributed by atoms with Crippen LogP contribution in [0.2, 0.25) is 0 Å². The van der Waals surface area contributed by atoms with Gasteiger partial charge in [-0.05, 0) is 94.8 Å². The average Bonchev–Trinajstić information content (AvgIpc) is 3.96.